The van der Waals surface area contributed by atoms with E-state index in [1.807, 2.05) is 22.4 Å². The van der Waals surface area contributed by atoms with Gasteiger partial charge >= 0.3 is 5.97 Å². The van der Waals surface area contributed by atoms with E-state index in [9.17, 15) is 9.18 Å². The lowest BCUT2D eigenvalue weighted by atomic mass is 10.1. The van der Waals surface area contributed by atoms with E-state index in [-0.39, 0.29) is 17.6 Å². The molecule has 0 amide bonds. The highest BCUT2D eigenvalue weighted by molar-refractivity contribution is 7.99. The number of fused-ring (bicyclic) bond motifs is 1. The van der Waals surface area contributed by atoms with Crippen LogP contribution in [0.1, 0.15) is 18.9 Å². The molecule has 0 aliphatic carbocycles. The number of carboxylic acids is 1. The first kappa shape index (κ1) is 14.7. The first-order valence-corrected chi connectivity index (χ1v) is 8.89. The van der Waals surface area contributed by atoms with Crippen molar-refractivity contribution in [1.29, 1.82) is 0 Å². The lowest BCUT2D eigenvalue weighted by molar-refractivity contribution is -0.133. The standard InChI is InChI=1S/C14H15FN2O2S2/c15-10-2-1-3-11-13(10)16-14(21-8-12(18)19)17(11)9-4-6-20-7-5-9/h1-3,9H,4-8H2,(H,18,19). The van der Waals surface area contributed by atoms with Gasteiger partial charge in [-0.2, -0.15) is 11.8 Å². The zero-order valence-electron chi connectivity index (χ0n) is 11.3. The fraction of sp³-hybridized carbons (Fsp3) is 0.429. The predicted octanol–water partition coefficient (Wildman–Crippen LogP) is 3.42. The van der Waals surface area contributed by atoms with Crippen molar-refractivity contribution < 1.29 is 14.3 Å². The number of carboxylic acid groups (broad SMARTS) is 1. The summed E-state index contributed by atoms with van der Waals surface area (Å²) in [6.45, 7) is 0. The van der Waals surface area contributed by atoms with Gasteiger partial charge in [0, 0.05) is 6.04 Å². The van der Waals surface area contributed by atoms with E-state index in [0.29, 0.717) is 10.7 Å². The summed E-state index contributed by atoms with van der Waals surface area (Å²) in [5.41, 5.74) is 1.10. The van der Waals surface area contributed by atoms with E-state index in [1.165, 1.54) is 6.07 Å². The third-order valence-electron chi connectivity index (χ3n) is 3.52. The number of rotatable bonds is 4. The molecule has 7 heteroatoms. The van der Waals surface area contributed by atoms with Gasteiger partial charge < -0.3 is 9.67 Å². The molecule has 4 nitrogen and oxygen atoms in total. The highest BCUT2D eigenvalue weighted by Crippen LogP contribution is 2.35. The summed E-state index contributed by atoms with van der Waals surface area (Å²) in [7, 11) is 0. The third kappa shape index (κ3) is 3.03. The summed E-state index contributed by atoms with van der Waals surface area (Å²) in [6.07, 6.45) is 2.01. The molecule has 0 saturated carbocycles. The van der Waals surface area contributed by atoms with Crippen molar-refractivity contribution in [3.05, 3.63) is 24.0 Å². The van der Waals surface area contributed by atoms with Gasteiger partial charge in [-0.15, -0.1) is 0 Å². The maximum Gasteiger partial charge on any atom is 0.313 e. The molecule has 0 radical (unpaired) electrons. The molecule has 0 unspecified atom stereocenters. The Morgan fingerprint density at radius 3 is 2.95 bits per heavy atom. The Labute approximate surface area is 130 Å². The molecule has 1 saturated heterocycles. The Balaban J connectivity index is 2.06. The van der Waals surface area contributed by atoms with Gasteiger partial charge in [0.05, 0.1) is 11.3 Å². The fourth-order valence-corrected chi connectivity index (χ4v) is 4.46. The Morgan fingerprint density at radius 2 is 2.24 bits per heavy atom. The lowest BCUT2D eigenvalue weighted by Gasteiger charge is -2.25. The van der Waals surface area contributed by atoms with Crippen LogP contribution >= 0.6 is 23.5 Å². The first-order chi connectivity index (χ1) is 10.2. The number of benzene rings is 1. The zero-order chi connectivity index (χ0) is 14.8. The minimum absolute atomic E-state index is 0.0631. The van der Waals surface area contributed by atoms with E-state index in [1.54, 1.807) is 6.07 Å². The number of aliphatic carboxylic acids is 1. The number of thioether (sulfide) groups is 2. The Kier molecular flexibility index (Phi) is 4.40. The van der Waals surface area contributed by atoms with Gasteiger partial charge in [-0.3, -0.25) is 4.79 Å². The largest absolute Gasteiger partial charge is 0.481 e. The van der Waals surface area contributed by atoms with Crippen LogP contribution in [0.3, 0.4) is 0 Å². The molecule has 112 valence electrons. The number of nitrogens with zero attached hydrogens (tertiary/aromatic N) is 2. The summed E-state index contributed by atoms with van der Waals surface area (Å²) in [4.78, 5) is 15.1. The van der Waals surface area contributed by atoms with Crippen molar-refractivity contribution in [2.45, 2.75) is 24.0 Å². The fourth-order valence-electron chi connectivity index (χ4n) is 2.59. The van der Waals surface area contributed by atoms with Crippen LogP contribution in [0.15, 0.2) is 23.4 Å². The number of carbonyl (C=O) groups is 1. The van der Waals surface area contributed by atoms with E-state index >= 15 is 0 Å². The van der Waals surface area contributed by atoms with E-state index < -0.39 is 5.97 Å². The van der Waals surface area contributed by atoms with Crippen molar-refractivity contribution >= 4 is 40.5 Å². The number of hydrogen-bond donors (Lipinski definition) is 1. The lowest BCUT2D eigenvalue weighted by Crippen LogP contribution is -2.16. The molecule has 0 bridgehead atoms. The molecule has 2 aromatic rings. The average molecular weight is 326 g/mol. The molecule has 1 aromatic heterocycles. The van der Waals surface area contributed by atoms with Gasteiger partial charge in [0.1, 0.15) is 5.52 Å². The number of hydrogen-bond acceptors (Lipinski definition) is 4. The van der Waals surface area contributed by atoms with Crippen LogP contribution in [0.5, 0.6) is 0 Å². The van der Waals surface area contributed by atoms with Crippen molar-refractivity contribution in [1.82, 2.24) is 9.55 Å². The molecule has 0 atom stereocenters. The number of para-hydroxylation sites is 1. The van der Waals surface area contributed by atoms with E-state index in [4.69, 9.17) is 5.11 Å². The molecule has 21 heavy (non-hydrogen) atoms. The minimum Gasteiger partial charge on any atom is -0.481 e. The average Bonchev–Trinajstić information content (AvgIpc) is 2.86. The van der Waals surface area contributed by atoms with Crippen LogP contribution in [0, 0.1) is 5.82 Å². The molecule has 1 aliphatic heterocycles. The Bertz CT molecular complexity index is 668. The molecule has 2 heterocycles. The molecular weight excluding hydrogens is 311 g/mol. The number of aromatic nitrogens is 2. The topological polar surface area (TPSA) is 55.1 Å². The van der Waals surface area contributed by atoms with Crippen LogP contribution in [-0.4, -0.2) is 37.9 Å². The van der Waals surface area contributed by atoms with Gasteiger partial charge in [-0.25, -0.2) is 9.37 Å². The summed E-state index contributed by atoms with van der Waals surface area (Å²) in [5, 5.41) is 9.48. The van der Waals surface area contributed by atoms with Gasteiger partial charge in [-0.05, 0) is 36.5 Å². The number of halogens is 1. The van der Waals surface area contributed by atoms with Crippen molar-refractivity contribution in [3.63, 3.8) is 0 Å². The molecule has 1 fully saturated rings. The van der Waals surface area contributed by atoms with Crippen molar-refractivity contribution in [2.75, 3.05) is 17.3 Å². The highest BCUT2D eigenvalue weighted by atomic mass is 32.2. The van der Waals surface area contributed by atoms with Crippen LogP contribution in [0.4, 0.5) is 4.39 Å². The summed E-state index contributed by atoms with van der Waals surface area (Å²) in [5.74, 6) is 0.838. The summed E-state index contributed by atoms with van der Waals surface area (Å²) in [6, 6.07) is 5.20. The molecule has 1 N–H and O–H groups in total. The third-order valence-corrected chi connectivity index (χ3v) is 5.51. The maximum atomic E-state index is 13.9. The minimum atomic E-state index is -0.890. The van der Waals surface area contributed by atoms with Crippen LogP contribution in [-0.2, 0) is 4.79 Å². The zero-order valence-corrected chi connectivity index (χ0v) is 12.9. The first-order valence-electron chi connectivity index (χ1n) is 6.75. The van der Waals surface area contributed by atoms with Crippen LogP contribution in [0.2, 0.25) is 0 Å². The molecule has 3 rings (SSSR count). The second-order valence-corrected chi connectivity index (χ2v) is 7.07. The number of imidazole rings is 1. The van der Waals surface area contributed by atoms with E-state index in [2.05, 4.69) is 4.98 Å². The highest BCUT2D eigenvalue weighted by Gasteiger charge is 2.23. The smallest absolute Gasteiger partial charge is 0.313 e. The van der Waals surface area contributed by atoms with Gasteiger partial charge in [0.2, 0.25) is 0 Å². The van der Waals surface area contributed by atoms with Gasteiger partial charge in [-0.1, -0.05) is 17.8 Å². The van der Waals surface area contributed by atoms with Crippen LogP contribution in [0.25, 0.3) is 11.0 Å². The van der Waals surface area contributed by atoms with Crippen LogP contribution < -0.4 is 0 Å². The monoisotopic (exact) mass is 326 g/mol. The summed E-state index contributed by atoms with van der Waals surface area (Å²) >= 11 is 3.08. The maximum absolute atomic E-state index is 13.9. The Morgan fingerprint density at radius 1 is 1.48 bits per heavy atom. The molecular formula is C14H15FN2O2S2. The predicted molar refractivity (Wildman–Crippen MR) is 83.6 cm³/mol. The van der Waals surface area contributed by atoms with Gasteiger partial charge in [0.25, 0.3) is 0 Å². The Hall–Kier alpha value is -1.21. The van der Waals surface area contributed by atoms with Crippen molar-refractivity contribution in [2.24, 2.45) is 0 Å². The second kappa shape index (κ2) is 6.27. The second-order valence-electron chi connectivity index (χ2n) is 4.90. The van der Waals surface area contributed by atoms with Crippen molar-refractivity contribution in [3.8, 4) is 0 Å². The summed E-state index contributed by atoms with van der Waals surface area (Å²) < 4.78 is 16.0. The molecule has 0 spiro atoms. The SMILES string of the molecule is O=C(O)CSc1nc2c(F)cccc2n1C1CCSCC1. The normalized spacial score (nSPS) is 16.4. The van der Waals surface area contributed by atoms with E-state index in [0.717, 1.165) is 41.6 Å². The quantitative estimate of drug-likeness (QED) is 0.873. The molecule has 1 aromatic carbocycles. The molecule has 1 aliphatic rings. The van der Waals surface area contributed by atoms with Gasteiger partial charge in [0.15, 0.2) is 11.0 Å².